The van der Waals surface area contributed by atoms with Crippen LogP contribution >= 0.6 is 0 Å². The van der Waals surface area contributed by atoms with Crippen molar-refractivity contribution in [3.8, 4) is 5.75 Å². The molecule has 112 valence electrons. The van der Waals surface area contributed by atoms with Crippen LogP contribution in [0.4, 0.5) is 0 Å². The average Bonchev–Trinajstić information content (AvgIpc) is 3.22. The van der Waals surface area contributed by atoms with Crippen LogP contribution < -0.4 is 10.5 Å². The molecule has 0 heterocycles. The fourth-order valence-corrected chi connectivity index (χ4v) is 2.79. The minimum absolute atomic E-state index is 0.205. The molecule has 1 aliphatic rings. The van der Waals surface area contributed by atoms with Gasteiger partial charge in [-0.15, -0.1) is 0 Å². The summed E-state index contributed by atoms with van der Waals surface area (Å²) < 4.78 is 5.81. The lowest BCUT2D eigenvalue weighted by Gasteiger charge is -2.31. The third-order valence-electron chi connectivity index (χ3n) is 3.74. The molecule has 2 N–H and O–H groups in total. The van der Waals surface area contributed by atoms with Crippen LogP contribution in [0.3, 0.4) is 0 Å². The van der Waals surface area contributed by atoms with Crippen LogP contribution in [-0.2, 0) is 0 Å². The van der Waals surface area contributed by atoms with Crippen molar-refractivity contribution in [1.29, 1.82) is 0 Å². The molecule has 1 atom stereocenters. The fourth-order valence-electron chi connectivity index (χ4n) is 2.79. The van der Waals surface area contributed by atoms with Crippen LogP contribution in [0, 0.1) is 0 Å². The lowest BCUT2D eigenvalue weighted by Crippen LogP contribution is -2.36. The van der Waals surface area contributed by atoms with Crippen LogP contribution in [0.25, 0.3) is 0 Å². The van der Waals surface area contributed by atoms with E-state index in [4.69, 9.17) is 10.5 Å². The molecule has 3 nitrogen and oxygen atoms in total. The molecule has 1 saturated carbocycles. The van der Waals surface area contributed by atoms with Crippen molar-refractivity contribution in [2.24, 2.45) is 5.73 Å². The number of hydrogen-bond donors (Lipinski definition) is 1. The second-order valence-corrected chi connectivity index (χ2v) is 5.96. The van der Waals surface area contributed by atoms with Gasteiger partial charge in [-0.25, -0.2) is 0 Å². The molecule has 1 aromatic carbocycles. The zero-order valence-corrected chi connectivity index (χ0v) is 13.0. The highest BCUT2D eigenvalue weighted by atomic mass is 16.5. The Labute approximate surface area is 123 Å². The summed E-state index contributed by atoms with van der Waals surface area (Å²) in [7, 11) is 0. The van der Waals surface area contributed by atoms with Gasteiger partial charge in [-0.2, -0.15) is 0 Å². The summed E-state index contributed by atoms with van der Waals surface area (Å²) in [6.07, 6.45) is 4.02. The molecule has 0 amide bonds. The third kappa shape index (κ3) is 3.97. The van der Waals surface area contributed by atoms with E-state index in [1.54, 1.807) is 0 Å². The lowest BCUT2D eigenvalue weighted by molar-refractivity contribution is 0.190. The van der Waals surface area contributed by atoms with Crippen molar-refractivity contribution in [1.82, 2.24) is 4.90 Å². The topological polar surface area (TPSA) is 38.5 Å². The number of nitrogens with two attached hydrogens (primary N) is 1. The highest BCUT2D eigenvalue weighted by Crippen LogP contribution is 2.35. The Kier molecular flexibility index (Phi) is 5.44. The first-order chi connectivity index (χ1) is 9.65. The molecule has 0 radical (unpaired) electrons. The molecule has 3 heteroatoms. The zero-order chi connectivity index (χ0) is 14.5. The van der Waals surface area contributed by atoms with Gasteiger partial charge in [-0.05, 0) is 57.4 Å². The normalized spacial score (nSPS) is 16.7. The monoisotopic (exact) mass is 276 g/mol. The first-order valence-electron chi connectivity index (χ1n) is 7.88. The van der Waals surface area contributed by atoms with Crippen LogP contribution in [0.5, 0.6) is 5.75 Å². The van der Waals surface area contributed by atoms with Crippen molar-refractivity contribution in [3.05, 3.63) is 29.8 Å². The van der Waals surface area contributed by atoms with E-state index < -0.39 is 0 Å². The van der Waals surface area contributed by atoms with E-state index in [2.05, 4.69) is 43.9 Å². The molecular weight excluding hydrogens is 248 g/mol. The maximum absolute atomic E-state index is 6.07. The van der Waals surface area contributed by atoms with Crippen molar-refractivity contribution in [3.63, 3.8) is 0 Å². The van der Waals surface area contributed by atoms with Crippen molar-refractivity contribution in [2.45, 2.75) is 58.2 Å². The van der Waals surface area contributed by atoms with Crippen molar-refractivity contribution >= 4 is 0 Å². The fraction of sp³-hybridized carbons (Fsp3) is 0.647. The molecule has 0 saturated heterocycles. The second kappa shape index (κ2) is 7.09. The standard InChI is InChI=1S/C17H28N2O/c1-4-10-19(15-8-9-15)17(12-18)14-6-5-7-16(11-14)20-13(2)3/h5-7,11,13,15,17H,4,8-10,12,18H2,1-3H3. The predicted octanol–water partition coefficient (Wildman–Crippen LogP) is 3.35. The molecule has 0 spiro atoms. The van der Waals surface area contributed by atoms with E-state index in [-0.39, 0.29) is 6.10 Å². The Hall–Kier alpha value is -1.06. The first-order valence-corrected chi connectivity index (χ1v) is 7.88. The lowest BCUT2D eigenvalue weighted by atomic mass is 10.0. The smallest absolute Gasteiger partial charge is 0.120 e. The number of hydrogen-bond acceptors (Lipinski definition) is 3. The Morgan fingerprint density at radius 2 is 2.10 bits per heavy atom. The van der Waals surface area contributed by atoms with Crippen LogP contribution in [-0.4, -0.2) is 30.1 Å². The zero-order valence-electron chi connectivity index (χ0n) is 13.0. The molecule has 1 fully saturated rings. The van der Waals surface area contributed by atoms with E-state index in [1.807, 2.05) is 6.07 Å². The summed E-state index contributed by atoms with van der Waals surface area (Å²) in [5.41, 5.74) is 7.35. The highest BCUT2D eigenvalue weighted by Gasteiger charge is 2.33. The molecule has 0 bridgehead atoms. The van der Waals surface area contributed by atoms with E-state index in [0.717, 1.165) is 18.3 Å². The molecule has 1 aliphatic carbocycles. The van der Waals surface area contributed by atoms with Crippen LogP contribution in [0.1, 0.15) is 51.6 Å². The minimum atomic E-state index is 0.205. The van der Waals surface area contributed by atoms with Crippen molar-refractivity contribution in [2.75, 3.05) is 13.1 Å². The second-order valence-electron chi connectivity index (χ2n) is 5.96. The van der Waals surface area contributed by atoms with Gasteiger partial charge in [-0.1, -0.05) is 19.1 Å². The largest absolute Gasteiger partial charge is 0.491 e. The summed E-state index contributed by atoms with van der Waals surface area (Å²) in [5.74, 6) is 0.947. The van der Waals surface area contributed by atoms with Crippen LogP contribution in [0.15, 0.2) is 24.3 Å². The quantitative estimate of drug-likeness (QED) is 0.791. The van der Waals surface area contributed by atoms with Gasteiger partial charge < -0.3 is 10.5 Å². The molecule has 1 aromatic rings. The summed E-state index contributed by atoms with van der Waals surface area (Å²) in [6.45, 7) is 8.14. The van der Waals surface area contributed by atoms with Gasteiger partial charge >= 0.3 is 0 Å². The molecule has 0 aromatic heterocycles. The first kappa shape index (κ1) is 15.3. The Morgan fingerprint density at radius 1 is 1.35 bits per heavy atom. The SMILES string of the molecule is CCCN(C1CC1)C(CN)c1cccc(OC(C)C)c1. The number of benzene rings is 1. The van der Waals surface area contributed by atoms with Gasteiger partial charge in [0.25, 0.3) is 0 Å². The number of ether oxygens (including phenoxy) is 1. The number of rotatable bonds is 8. The van der Waals surface area contributed by atoms with E-state index in [1.165, 1.54) is 24.8 Å². The summed E-state index contributed by atoms with van der Waals surface area (Å²) in [4.78, 5) is 2.58. The highest BCUT2D eigenvalue weighted by molar-refractivity contribution is 5.31. The average molecular weight is 276 g/mol. The summed E-state index contributed by atoms with van der Waals surface area (Å²) in [6, 6.07) is 9.49. The molecule has 2 rings (SSSR count). The summed E-state index contributed by atoms with van der Waals surface area (Å²) >= 11 is 0. The van der Waals surface area contributed by atoms with Gasteiger partial charge in [-0.3, -0.25) is 4.90 Å². The van der Waals surface area contributed by atoms with Gasteiger partial charge in [0, 0.05) is 18.6 Å². The Morgan fingerprint density at radius 3 is 2.65 bits per heavy atom. The van der Waals surface area contributed by atoms with E-state index >= 15 is 0 Å². The molecule has 0 aliphatic heterocycles. The maximum atomic E-state index is 6.07. The molecular formula is C17H28N2O. The molecule has 20 heavy (non-hydrogen) atoms. The molecule has 1 unspecified atom stereocenters. The predicted molar refractivity (Wildman–Crippen MR) is 84.0 cm³/mol. The minimum Gasteiger partial charge on any atom is -0.491 e. The Balaban J connectivity index is 2.16. The van der Waals surface area contributed by atoms with E-state index in [0.29, 0.717) is 12.6 Å². The third-order valence-corrected chi connectivity index (χ3v) is 3.74. The van der Waals surface area contributed by atoms with E-state index in [9.17, 15) is 0 Å². The maximum Gasteiger partial charge on any atom is 0.120 e. The van der Waals surface area contributed by atoms with Gasteiger partial charge in [0.2, 0.25) is 0 Å². The Bertz CT molecular complexity index is 415. The van der Waals surface area contributed by atoms with Gasteiger partial charge in [0.15, 0.2) is 0 Å². The van der Waals surface area contributed by atoms with Crippen molar-refractivity contribution < 1.29 is 4.74 Å². The number of nitrogens with zero attached hydrogens (tertiary/aromatic N) is 1. The van der Waals surface area contributed by atoms with Gasteiger partial charge in [0.05, 0.1) is 6.10 Å². The summed E-state index contributed by atoms with van der Waals surface area (Å²) in [5, 5.41) is 0. The van der Waals surface area contributed by atoms with Gasteiger partial charge in [0.1, 0.15) is 5.75 Å². The van der Waals surface area contributed by atoms with Crippen LogP contribution in [0.2, 0.25) is 0 Å².